The van der Waals surface area contributed by atoms with Crippen LogP contribution in [-0.4, -0.2) is 35.3 Å². The average Bonchev–Trinajstić information content (AvgIpc) is 2.86. The van der Waals surface area contributed by atoms with Gasteiger partial charge in [0.1, 0.15) is 12.3 Å². The SMILES string of the molecule is CCC(CO)NC(=O)Cn1ccc2cc(OC)ccc21. The number of ether oxygens (including phenoxy) is 1. The molecule has 1 aromatic carbocycles. The Kier molecular flexibility index (Phi) is 4.63. The lowest BCUT2D eigenvalue weighted by Gasteiger charge is -2.14. The molecule has 2 aromatic rings. The van der Waals surface area contributed by atoms with Crippen molar-refractivity contribution in [2.24, 2.45) is 0 Å². The van der Waals surface area contributed by atoms with Gasteiger partial charge in [0.2, 0.25) is 5.91 Å². The topological polar surface area (TPSA) is 63.5 Å². The van der Waals surface area contributed by atoms with Gasteiger partial charge in [0.25, 0.3) is 0 Å². The summed E-state index contributed by atoms with van der Waals surface area (Å²) in [6.45, 7) is 2.14. The lowest BCUT2D eigenvalue weighted by atomic mass is 10.2. The minimum Gasteiger partial charge on any atom is -0.497 e. The third-order valence-corrected chi connectivity index (χ3v) is 3.37. The highest BCUT2D eigenvalue weighted by atomic mass is 16.5. The van der Waals surface area contributed by atoms with Gasteiger partial charge in [0, 0.05) is 17.1 Å². The summed E-state index contributed by atoms with van der Waals surface area (Å²) >= 11 is 0. The molecule has 0 radical (unpaired) electrons. The normalized spacial score (nSPS) is 12.3. The number of hydrogen-bond donors (Lipinski definition) is 2. The molecule has 0 saturated carbocycles. The van der Waals surface area contributed by atoms with E-state index in [-0.39, 0.29) is 25.1 Å². The fourth-order valence-electron chi connectivity index (χ4n) is 2.15. The Morgan fingerprint density at radius 1 is 1.45 bits per heavy atom. The van der Waals surface area contributed by atoms with Crippen LogP contribution in [0.25, 0.3) is 10.9 Å². The van der Waals surface area contributed by atoms with Gasteiger partial charge in [0.15, 0.2) is 0 Å². The van der Waals surface area contributed by atoms with Gasteiger partial charge in [-0.15, -0.1) is 0 Å². The standard InChI is InChI=1S/C15H20N2O3/c1-3-12(10-18)16-15(19)9-17-7-6-11-8-13(20-2)4-5-14(11)17/h4-8,12,18H,3,9-10H2,1-2H3,(H,16,19). The van der Waals surface area contributed by atoms with Crippen LogP contribution in [0.4, 0.5) is 0 Å². The second-order valence-electron chi connectivity index (χ2n) is 4.72. The van der Waals surface area contributed by atoms with Crippen LogP contribution < -0.4 is 10.1 Å². The van der Waals surface area contributed by atoms with Crippen molar-refractivity contribution in [1.82, 2.24) is 9.88 Å². The summed E-state index contributed by atoms with van der Waals surface area (Å²) < 4.78 is 7.06. The van der Waals surface area contributed by atoms with E-state index in [0.717, 1.165) is 16.7 Å². The van der Waals surface area contributed by atoms with E-state index in [4.69, 9.17) is 9.84 Å². The van der Waals surface area contributed by atoms with Crippen molar-refractivity contribution in [2.45, 2.75) is 25.9 Å². The van der Waals surface area contributed by atoms with E-state index in [1.54, 1.807) is 7.11 Å². The minimum atomic E-state index is -0.176. The number of nitrogens with one attached hydrogen (secondary N) is 1. The Labute approximate surface area is 118 Å². The lowest BCUT2D eigenvalue weighted by molar-refractivity contribution is -0.122. The molecular formula is C15H20N2O3. The third kappa shape index (κ3) is 3.11. The van der Waals surface area contributed by atoms with Crippen molar-refractivity contribution in [3.63, 3.8) is 0 Å². The molecule has 2 N–H and O–H groups in total. The zero-order valence-corrected chi connectivity index (χ0v) is 11.8. The summed E-state index contributed by atoms with van der Waals surface area (Å²) in [6.07, 6.45) is 2.59. The number of hydrogen-bond acceptors (Lipinski definition) is 3. The number of methoxy groups -OCH3 is 1. The molecule has 1 aromatic heterocycles. The van der Waals surface area contributed by atoms with Gasteiger partial charge in [-0.25, -0.2) is 0 Å². The molecule has 5 heteroatoms. The number of benzene rings is 1. The van der Waals surface area contributed by atoms with Crippen LogP contribution in [0.1, 0.15) is 13.3 Å². The highest BCUT2D eigenvalue weighted by Gasteiger charge is 2.11. The molecule has 0 aliphatic rings. The first-order chi connectivity index (χ1) is 9.67. The molecule has 1 atom stereocenters. The predicted octanol–water partition coefficient (Wildman–Crippen LogP) is 1.54. The maximum absolute atomic E-state index is 11.9. The number of rotatable bonds is 6. The van der Waals surface area contributed by atoms with Gasteiger partial charge in [-0.2, -0.15) is 0 Å². The monoisotopic (exact) mass is 276 g/mol. The molecule has 1 amide bonds. The highest BCUT2D eigenvalue weighted by Crippen LogP contribution is 2.21. The molecule has 0 aliphatic heterocycles. The number of amides is 1. The maximum atomic E-state index is 11.9. The van der Waals surface area contributed by atoms with Gasteiger partial charge in [0.05, 0.1) is 19.8 Å². The summed E-state index contributed by atoms with van der Waals surface area (Å²) in [6, 6.07) is 7.52. The summed E-state index contributed by atoms with van der Waals surface area (Å²) in [5.74, 6) is 0.699. The highest BCUT2D eigenvalue weighted by molar-refractivity contribution is 5.84. The molecule has 2 rings (SSSR count). The fourth-order valence-corrected chi connectivity index (χ4v) is 2.15. The van der Waals surface area contributed by atoms with Gasteiger partial charge in [-0.3, -0.25) is 4.79 Å². The Balaban J connectivity index is 2.12. The lowest BCUT2D eigenvalue weighted by Crippen LogP contribution is -2.38. The van der Waals surface area contributed by atoms with E-state index in [1.807, 2.05) is 42.0 Å². The van der Waals surface area contributed by atoms with E-state index in [0.29, 0.717) is 6.42 Å². The van der Waals surface area contributed by atoms with E-state index in [9.17, 15) is 4.79 Å². The van der Waals surface area contributed by atoms with Crippen molar-refractivity contribution in [1.29, 1.82) is 0 Å². The number of aromatic nitrogens is 1. The molecular weight excluding hydrogens is 256 g/mol. The molecule has 20 heavy (non-hydrogen) atoms. The van der Waals surface area contributed by atoms with Crippen LogP contribution in [0, 0.1) is 0 Å². The number of aliphatic hydroxyl groups excluding tert-OH is 1. The molecule has 1 heterocycles. The summed E-state index contributed by atoms with van der Waals surface area (Å²) in [5, 5.41) is 12.9. The van der Waals surface area contributed by atoms with E-state index < -0.39 is 0 Å². The number of fused-ring (bicyclic) bond motifs is 1. The van der Waals surface area contributed by atoms with E-state index in [1.165, 1.54) is 0 Å². The second-order valence-corrected chi connectivity index (χ2v) is 4.72. The first-order valence-corrected chi connectivity index (χ1v) is 6.71. The zero-order chi connectivity index (χ0) is 14.5. The Bertz CT molecular complexity index is 588. The first-order valence-electron chi connectivity index (χ1n) is 6.71. The number of carbonyl (C=O) groups is 1. The van der Waals surface area contributed by atoms with Crippen molar-refractivity contribution < 1.29 is 14.6 Å². The first kappa shape index (κ1) is 14.4. The molecule has 108 valence electrons. The number of carbonyl (C=O) groups excluding carboxylic acids is 1. The van der Waals surface area contributed by atoms with Crippen molar-refractivity contribution in [3.05, 3.63) is 30.5 Å². The second kappa shape index (κ2) is 6.43. The summed E-state index contributed by atoms with van der Waals surface area (Å²) in [7, 11) is 1.63. The van der Waals surface area contributed by atoms with Gasteiger partial charge >= 0.3 is 0 Å². The Morgan fingerprint density at radius 2 is 2.25 bits per heavy atom. The molecule has 5 nitrogen and oxygen atoms in total. The smallest absolute Gasteiger partial charge is 0.240 e. The molecule has 0 fully saturated rings. The van der Waals surface area contributed by atoms with Crippen LogP contribution in [0.2, 0.25) is 0 Å². The number of aliphatic hydroxyl groups is 1. The minimum absolute atomic E-state index is 0.0358. The van der Waals surface area contributed by atoms with Crippen LogP contribution >= 0.6 is 0 Å². The van der Waals surface area contributed by atoms with E-state index >= 15 is 0 Å². The quantitative estimate of drug-likeness (QED) is 0.841. The van der Waals surface area contributed by atoms with Gasteiger partial charge in [-0.1, -0.05) is 6.92 Å². The molecule has 1 unspecified atom stereocenters. The molecule has 0 saturated heterocycles. The Hall–Kier alpha value is -2.01. The van der Waals surface area contributed by atoms with Crippen LogP contribution in [0.5, 0.6) is 5.75 Å². The van der Waals surface area contributed by atoms with Crippen LogP contribution in [0.15, 0.2) is 30.5 Å². The maximum Gasteiger partial charge on any atom is 0.240 e. The number of nitrogens with zero attached hydrogens (tertiary/aromatic N) is 1. The van der Waals surface area contributed by atoms with Gasteiger partial charge < -0.3 is 19.7 Å². The van der Waals surface area contributed by atoms with E-state index in [2.05, 4.69) is 5.32 Å². The third-order valence-electron chi connectivity index (χ3n) is 3.37. The average molecular weight is 276 g/mol. The van der Waals surface area contributed by atoms with Gasteiger partial charge in [-0.05, 0) is 30.7 Å². The predicted molar refractivity (Wildman–Crippen MR) is 77.8 cm³/mol. The van der Waals surface area contributed by atoms with Crippen LogP contribution in [0.3, 0.4) is 0 Å². The molecule has 0 aliphatic carbocycles. The van der Waals surface area contributed by atoms with Crippen molar-refractivity contribution in [2.75, 3.05) is 13.7 Å². The van der Waals surface area contributed by atoms with Crippen molar-refractivity contribution in [3.8, 4) is 5.75 Å². The summed E-state index contributed by atoms with van der Waals surface area (Å²) in [5.41, 5.74) is 0.984. The molecule has 0 spiro atoms. The van der Waals surface area contributed by atoms with Crippen molar-refractivity contribution >= 4 is 16.8 Å². The largest absolute Gasteiger partial charge is 0.497 e. The van der Waals surface area contributed by atoms with Crippen LogP contribution in [-0.2, 0) is 11.3 Å². The fraction of sp³-hybridized carbons (Fsp3) is 0.400. The molecule has 0 bridgehead atoms. The zero-order valence-electron chi connectivity index (χ0n) is 11.8. The Morgan fingerprint density at radius 3 is 2.90 bits per heavy atom. The summed E-state index contributed by atoms with van der Waals surface area (Å²) in [4.78, 5) is 11.9.